The molecule has 154 valence electrons. The first-order valence-corrected chi connectivity index (χ1v) is 10.0. The van der Waals surface area contributed by atoms with E-state index in [1.165, 1.54) is 0 Å². The maximum Gasteiger partial charge on any atom is 0.248 e. The van der Waals surface area contributed by atoms with Gasteiger partial charge in [0.1, 0.15) is 6.61 Å². The summed E-state index contributed by atoms with van der Waals surface area (Å²) in [6.45, 7) is 7.44. The zero-order valence-corrected chi connectivity index (χ0v) is 17.2. The van der Waals surface area contributed by atoms with Crippen LogP contribution in [0.15, 0.2) is 48.5 Å². The number of nitrogens with zero attached hydrogens (tertiary/aromatic N) is 2. The number of carbonyl (C=O) groups is 2. The summed E-state index contributed by atoms with van der Waals surface area (Å²) in [6, 6.07) is 15.8. The van der Waals surface area contributed by atoms with E-state index < -0.39 is 0 Å². The number of piperazine rings is 1. The zero-order chi connectivity index (χ0) is 20.6. The Morgan fingerprint density at radius 1 is 0.931 bits per heavy atom. The minimum absolute atomic E-state index is 0.000526. The molecule has 0 atom stereocenters. The number of ether oxygens (including phenoxy) is 1. The lowest BCUT2D eigenvalue weighted by Crippen LogP contribution is -2.51. The number of nitrogens with one attached hydrogen (secondary N) is 1. The highest BCUT2D eigenvalue weighted by molar-refractivity contribution is 5.93. The summed E-state index contributed by atoms with van der Waals surface area (Å²) in [5.74, 6) is -0.0195. The fourth-order valence-corrected chi connectivity index (χ4v) is 3.47. The van der Waals surface area contributed by atoms with Crippen LogP contribution in [0.25, 0.3) is 0 Å². The number of aryl methyl sites for hydroxylation is 2. The normalized spacial score (nSPS) is 14.6. The van der Waals surface area contributed by atoms with Crippen molar-refractivity contribution < 1.29 is 14.3 Å². The monoisotopic (exact) mass is 395 g/mol. The van der Waals surface area contributed by atoms with Crippen molar-refractivity contribution in [2.24, 2.45) is 0 Å². The largest absolute Gasteiger partial charge is 0.367 e. The lowest BCUT2D eigenvalue weighted by molar-refractivity contribution is -0.138. The Balaban J connectivity index is 1.38. The molecular formula is C23H29N3O3. The quantitative estimate of drug-likeness (QED) is 0.783. The summed E-state index contributed by atoms with van der Waals surface area (Å²) in [5.41, 5.74) is 4.07. The van der Waals surface area contributed by atoms with Gasteiger partial charge in [-0.1, -0.05) is 48.5 Å². The molecule has 1 heterocycles. The zero-order valence-electron chi connectivity index (χ0n) is 17.2. The molecule has 0 saturated carbocycles. The standard InChI is InChI=1S/C23H29N3O3/c1-18-7-6-8-19(2)23(18)24-21(27)15-25-11-13-26(14-12-25)22(28)17-29-16-20-9-4-3-5-10-20/h3-10H,11-17H2,1-2H3,(H,24,27). The second kappa shape index (κ2) is 10.2. The van der Waals surface area contributed by atoms with Gasteiger partial charge in [-0.3, -0.25) is 14.5 Å². The number of para-hydroxylation sites is 1. The third-order valence-corrected chi connectivity index (χ3v) is 5.17. The molecule has 0 unspecified atom stereocenters. The van der Waals surface area contributed by atoms with E-state index in [9.17, 15) is 9.59 Å². The molecule has 2 amide bonds. The SMILES string of the molecule is Cc1cccc(C)c1NC(=O)CN1CCN(C(=O)COCc2ccccc2)CC1. The van der Waals surface area contributed by atoms with Crippen LogP contribution in [0.5, 0.6) is 0 Å². The maximum atomic E-state index is 12.4. The molecule has 2 aromatic rings. The van der Waals surface area contributed by atoms with E-state index in [0.29, 0.717) is 39.3 Å². The van der Waals surface area contributed by atoms with Gasteiger partial charge in [0.25, 0.3) is 0 Å². The Labute approximate surface area is 172 Å². The first-order valence-electron chi connectivity index (χ1n) is 10.0. The Morgan fingerprint density at radius 3 is 2.24 bits per heavy atom. The van der Waals surface area contributed by atoms with Crippen molar-refractivity contribution in [3.05, 3.63) is 65.2 Å². The van der Waals surface area contributed by atoms with Crippen molar-refractivity contribution in [3.63, 3.8) is 0 Å². The molecule has 1 N–H and O–H groups in total. The van der Waals surface area contributed by atoms with Gasteiger partial charge in [0, 0.05) is 31.9 Å². The second-order valence-corrected chi connectivity index (χ2v) is 7.45. The van der Waals surface area contributed by atoms with Gasteiger partial charge in [0.05, 0.1) is 13.2 Å². The first-order chi connectivity index (χ1) is 14.0. The van der Waals surface area contributed by atoms with Crippen LogP contribution in [-0.2, 0) is 20.9 Å². The molecule has 1 aliphatic heterocycles. The number of rotatable bonds is 7. The fourth-order valence-electron chi connectivity index (χ4n) is 3.47. The molecule has 1 fully saturated rings. The van der Waals surface area contributed by atoms with Crippen LogP contribution in [0, 0.1) is 13.8 Å². The summed E-state index contributed by atoms with van der Waals surface area (Å²) >= 11 is 0. The Morgan fingerprint density at radius 2 is 1.59 bits per heavy atom. The average molecular weight is 396 g/mol. The molecule has 3 rings (SSSR count). The number of carbonyl (C=O) groups excluding carboxylic acids is 2. The fraction of sp³-hybridized carbons (Fsp3) is 0.391. The van der Waals surface area contributed by atoms with Gasteiger partial charge in [0.15, 0.2) is 0 Å². The minimum Gasteiger partial charge on any atom is -0.367 e. The van der Waals surface area contributed by atoms with Gasteiger partial charge >= 0.3 is 0 Å². The lowest BCUT2D eigenvalue weighted by Gasteiger charge is -2.34. The van der Waals surface area contributed by atoms with Crippen molar-refractivity contribution in [2.45, 2.75) is 20.5 Å². The Kier molecular flexibility index (Phi) is 7.38. The van der Waals surface area contributed by atoms with E-state index >= 15 is 0 Å². The number of hydrogen-bond acceptors (Lipinski definition) is 4. The van der Waals surface area contributed by atoms with Crippen LogP contribution < -0.4 is 5.32 Å². The van der Waals surface area contributed by atoms with Gasteiger partial charge in [-0.15, -0.1) is 0 Å². The van der Waals surface area contributed by atoms with E-state index in [0.717, 1.165) is 22.4 Å². The summed E-state index contributed by atoms with van der Waals surface area (Å²) < 4.78 is 5.55. The molecular weight excluding hydrogens is 366 g/mol. The van der Waals surface area contributed by atoms with Crippen LogP contribution in [0.4, 0.5) is 5.69 Å². The summed E-state index contributed by atoms with van der Waals surface area (Å²) in [4.78, 5) is 28.7. The molecule has 6 heteroatoms. The minimum atomic E-state index is -0.0200. The highest BCUT2D eigenvalue weighted by Crippen LogP contribution is 2.19. The molecule has 0 spiro atoms. The van der Waals surface area contributed by atoms with Gasteiger partial charge < -0.3 is 15.0 Å². The topological polar surface area (TPSA) is 61.9 Å². The molecule has 29 heavy (non-hydrogen) atoms. The highest BCUT2D eigenvalue weighted by atomic mass is 16.5. The van der Waals surface area contributed by atoms with E-state index in [1.54, 1.807) is 0 Å². The van der Waals surface area contributed by atoms with Crippen LogP contribution >= 0.6 is 0 Å². The molecule has 6 nitrogen and oxygen atoms in total. The molecule has 0 radical (unpaired) electrons. The predicted octanol–water partition coefficient (Wildman–Crippen LogP) is 2.60. The van der Waals surface area contributed by atoms with E-state index in [-0.39, 0.29) is 18.4 Å². The van der Waals surface area contributed by atoms with Crippen molar-refractivity contribution >= 4 is 17.5 Å². The van der Waals surface area contributed by atoms with Gasteiger partial charge in [-0.2, -0.15) is 0 Å². The smallest absolute Gasteiger partial charge is 0.248 e. The summed E-state index contributed by atoms with van der Waals surface area (Å²) in [5, 5.41) is 3.02. The van der Waals surface area contributed by atoms with Crippen molar-refractivity contribution in [3.8, 4) is 0 Å². The molecule has 0 bridgehead atoms. The van der Waals surface area contributed by atoms with Crippen LogP contribution in [0.2, 0.25) is 0 Å². The Hall–Kier alpha value is -2.70. The number of amides is 2. The number of anilines is 1. The van der Waals surface area contributed by atoms with Crippen molar-refractivity contribution in [1.29, 1.82) is 0 Å². The molecule has 0 aliphatic carbocycles. The van der Waals surface area contributed by atoms with E-state index in [2.05, 4.69) is 10.2 Å². The lowest BCUT2D eigenvalue weighted by atomic mass is 10.1. The van der Waals surface area contributed by atoms with E-state index in [1.807, 2.05) is 67.3 Å². The van der Waals surface area contributed by atoms with Gasteiger partial charge in [0.2, 0.25) is 11.8 Å². The van der Waals surface area contributed by atoms with Crippen LogP contribution in [0.1, 0.15) is 16.7 Å². The number of hydrogen-bond donors (Lipinski definition) is 1. The van der Waals surface area contributed by atoms with Crippen LogP contribution in [0.3, 0.4) is 0 Å². The molecule has 0 aromatic heterocycles. The summed E-state index contributed by atoms with van der Waals surface area (Å²) in [7, 11) is 0. The third-order valence-electron chi connectivity index (χ3n) is 5.17. The highest BCUT2D eigenvalue weighted by Gasteiger charge is 2.22. The van der Waals surface area contributed by atoms with E-state index in [4.69, 9.17) is 4.74 Å². The Bertz CT molecular complexity index is 810. The van der Waals surface area contributed by atoms with Crippen molar-refractivity contribution in [1.82, 2.24) is 9.80 Å². The molecule has 1 saturated heterocycles. The molecule has 2 aromatic carbocycles. The van der Waals surface area contributed by atoms with Crippen LogP contribution in [-0.4, -0.2) is 60.9 Å². The second-order valence-electron chi connectivity index (χ2n) is 7.45. The maximum absolute atomic E-state index is 12.4. The molecule has 1 aliphatic rings. The third kappa shape index (κ3) is 6.14. The average Bonchev–Trinajstić information content (AvgIpc) is 2.72. The number of benzene rings is 2. The van der Waals surface area contributed by atoms with Gasteiger partial charge in [-0.25, -0.2) is 0 Å². The van der Waals surface area contributed by atoms with Crippen molar-refractivity contribution in [2.75, 3.05) is 44.6 Å². The predicted molar refractivity (Wildman–Crippen MR) is 114 cm³/mol. The van der Waals surface area contributed by atoms with Gasteiger partial charge in [-0.05, 0) is 30.5 Å². The first kappa shape index (κ1) is 21.0. The summed E-state index contributed by atoms with van der Waals surface area (Å²) in [6.07, 6.45) is 0.